The summed E-state index contributed by atoms with van der Waals surface area (Å²) in [4.78, 5) is 16.7. The van der Waals surface area contributed by atoms with Crippen LogP contribution < -0.4 is 4.90 Å². The summed E-state index contributed by atoms with van der Waals surface area (Å²) in [6.07, 6.45) is -0.776. The highest BCUT2D eigenvalue weighted by Gasteiger charge is 2.31. The Hall–Kier alpha value is -3.20. The second kappa shape index (κ2) is 10.2. The monoisotopic (exact) mass is 457 g/mol. The largest absolute Gasteiger partial charge is 0.416 e. The molecular formula is C24H26F3N5O. The van der Waals surface area contributed by atoms with Gasteiger partial charge in [-0.15, -0.1) is 5.10 Å². The summed E-state index contributed by atoms with van der Waals surface area (Å²) < 4.78 is 40.6. The Morgan fingerprint density at radius 3 is 2.36 bits per heavy atom. The van der Waals surface area contributed by atoms with E-state index in [1.807, 2.05) is 23.1 Å². The number of anilines is 1. The number of hydrogen-bond donors (Lipinski definition) is 0. The van der Waals surface area contributed by atoms with Crippen LogP contribution in [0, 0.1) is 0 Å². The van der Waals surface area contributed by atoms with Crippen molar-refractivity contribution >= 4 is 11.5 Å². The minimum atomic E-state index is -4.32. The number of carbonyl (C=O) groups is 1. The number of rotatable bonds is 8. The van der Waals surface area contributed by atoms with Crippen LogP contribution in [0.5, 0.6) is 0 Å². The van der Waals surface area contributed by atoms with Gasteiger partial charge in [0.15, 0.2) is 5.69 Å². The smallest absolute Gasteiger partial charge is 0.369 e. The molecule has 4 rings (SSSR count). The molecule has 174 valence electrons. The summed E-state index contributed by atoms with van der Waals surface area (Å²) in [5.74, 6) is -0.138. The quantitative estimate of drug-likeness (QED) is 0.376. The van der Waals surface area contributed by atoms with Gasteiger partial charge in [-0.3, -0.25) is 14.4 Å². The maximum atomic E-state index is 13.0. The van der Waals surface area contributed by atoms with Crippen molar-refractivity contribution in [2.24, 2.45) is 0 Å². The van der Waals surface area contributed by atoms with E-state index < -0.39 is 11.7 Å². The molecule has 1 aliphatic rings. The van der Waals surface area contributed by atoms with Crippen molar-refractivity contribution in [3.8, 4) is 0 Å². The second-order valence-corrected chi connectivity index (χ2v) is 8.15. The number of hydrogen-bond acceptors (Lipinski definition) is 5. The van der Waals surface area contributed by atoms with Crippen molar-refractivity contribution in [1.82, 2.24) is 19.9 Å². The van der Waals surface area contributed by atoms with Gasteiger partial charge in [0.05, 0.1) is 11.8 Å². The van der Waals surface area contributed by atoms with E-state index in [2.05, 4.69) is 15.2 Å². The lowest BCUT2D eigenvalue weighted by atomic mass is 10.1. The summed E-state index contributed by atoms with van der Waals surface area (Å²) in [6.45, 7) is 4.63. The lowest BCUT2D eigenvalue weighted by molar-refractivity contribution is -0.137. The van der Waals surface area contributed by atoms with E-state index in [0.29, 0.717) is 36.6 Å². The van der Waals surface area contributed by atoms with Crippen LogP contribution in [0.15, 0.2) is 60.8 Å². The van der Waals surface area contributed by atoms with Gasteiger partial charge < -0.3 is 4.90 Å². The molecule has 3 aromatic rings. The van der Waals surface area contributed by atoms with Gasteiger partial charge in [-0.1, -0.05) is 41.6 Å². The van der Waals surface area contributed by atoms with E-state index in [0.717, 1.165) is 38.5 Å². The van der Waals surface area contributed by atoms with Crippen LogP contribution in [0.4, 0.5) is 18.9 Å². The van der Waals surface area contributed by atoms with Gasteiger partial charge in [-0.2, -0.15) is 13.2 Å². The Morgan fingerprint density at radius 1 is 0.909 bits per heavy atom. The highest BCUT2D eigenvalue weighted by Crippen LogP contribution is 2.31. The number of ketones is 1. The highest BCUT2D eigenvalue weighted by atomic mass is 19.4. The molecule has 1 fully saturated rings. The molecule has 1 aromatic heterocycles. The maximum Gasteiger partial charge on any atom is 0.416 e. The van der Waals surface area contributed by atoms with E-state index in [4.69, 9.17) is 0 Å². The number of carbonyl (C=O) groups excluding carboxylic acids is 1. The molecule has 0 amide bonds. The van der Waals surface area contributed by atoms with Gasteiger partial charge >= 0.3 is 6.18 Å². The molecule has 2 aromatic carbocycles. The van der Waals surface area contributed by atoms with Gasteiger partial charge in [0.25, 0.3) is 0 Å². The Kier molecular flexibility index (Phi) is 7.08. The summed E-state index contributed by atoms with van der Waals surface area (Å²) in [6, 6.07) is 14.5. The van der Waals surface area contributed by atoms with Gasteiger partial charge in [-0.25, -0.2) is 0 Å². The standard InChI is InChI=1S/C24H26F3N5O/c25-24(26,27)20-9-6-10-21(17-20)31-15-13-30(14-16-31)11-4-5-12-32-18-22(28-29-32)23(33)19-7-2-1-3-8-19/h1-3,6-10,17-18H,4-5,11-16H2. The molecule has 0 atom stereocenters. The van der Waals surface area contributed by atoms with Crippen molar-refractivity contribution in [2.75, 3.05) is 37.6 Å². The van der Waals surface area contributed by atoms with Crippen molar-refractivity contribution in [3.63, 3.8) is 0 Å². The van der Waals surface area contributed by atoms with Crippen molar-refractivity contribution < 1.29 is 18.0 Å². The molecular weight excluding hydrogens is 431 g/mol. The summed E-state index contributed by atoms with van der Waals surface area (Å²) in [7, 11) is 0. The molecule has 2 heterocycles. The van der Waals surface area contributed by atoms with Gasteiger partial charge in [0.2, 0.25) is 5.78 Å². The van der Waals surface area contributed by atoms with E-state index >= 15 is 0 Å². The molecule has 0 aliphatic carbocycles. The average Bonchev–Trinajstić information content (AvgIpc) is 3.31. The molecule has 1 saturated heterocycles. The zero-order valence-corrected chi connectivity index (χ0v) is 18.2. The van der Waals surface area contributed by atoms with E-state index in [1.54, 1.807) is 29.1 Å². The number of benzene rings is 2. The Morgan fingerprint density at radius 2 is 1.64 bits per heavy atom. The number of nitrogens with zero attached hydrogens (tertiary/aromatic N) is 5. The maximum absolute atomic E-state index is 13.0. The van der Waals surface area contributed by atoms with Crippen LogP contribution in [-0.4, -0.2) is 58.4 Å². The molecule has 9 heteroatoms. The number of aromatic nitrogens is 3. The van der Waals surface area contributed by atoms with Crippen LogP contribution in [0.2, 0.25) is 0 Å². The minimum Gasteiger partial charge on any atom is -0.369 e. The third-order valence-electron chi connectivity index (χ3n) is 5.83. The Balaban J connectivity index is 1.19. The molecule has 6 nitrogen and oxygen atoms in total. The zero-order chi connectivity index (χ0) is 23.3. The van der Waals surface area contributed by atoms with E-state index in [-0.39, 0.29) is 5.78 Å². The molecule has 1 aliphatic heterocycles. The van der Waals surface area contributed by atoms with Crippen molar-refractivity contribution in [1.29, 1.82) is 0 Å². The van der Waals surface area contributed by atoms with Gasteiger partial charge in [0.1, 0.15) is 0 Å². The minimum absolute atomic E-state index is 0.138. The fraction of sp³-hybridized carbons (Fsp3) is 0.375. The van der Waals surface area contributed by atoms with Crippen LogP contribution in [-0.2, 0) is 12.7 Å². The first kappa shape index (κ1) is 23.0. The third kappa shape index (κ3) is 5.98. The van der Waals surface area contributed by atoms with E-state index in [1.165, 1.54) is 12.1 Å². The predicted octanol–water partition coefficient (Wildman–Crippen LogP) is 4.13. The molecule has 0 radical (unpaired) electrons. The average molecular weight is 458 g/mol. The van der Waals surface area contributed by atoms with Gasteiger partial charge in [-0.05, 0) is 37.6 Å². The predicted molar refractivity (Wildman–Crippen MR) is 119 cm³/mol. The number of aryl methyl sites for hydroxylation is 1. The molecule has 0 saturated carbocycles. The fourth-order valence-electron chi connectivity index (χ4n) is 3.97. The molecule has 33 heavy (non-hydrogen) atoms. The number of piperazine rings is 1. The van der Waals surface area contributed by atoms with Crippen LogP contribution in [0.3, 0.4) is 0 Å². The molecule has 0 unspecified atom stereocenters. The molecule has 0 bridgehead atoms. The second-order valence-electron chi connectivity index (χ2n) is 8.15. The topological polar surface area (TPSA) is 54.3 Å². The van der Waals surface area contributed by atoms with Gasteiger partial charge in [0, 0.05) is 44.0 Å². The normalized spacial score (nSPS) is 15.1. The Bertz CT molecular complexity index is 1060. The number of halogens is 3. The first-order valence-corrected chi connectivity index (χ1v) is 11.0. The fourth-order valence-corrected chi connectivity index (χ4v) is 3.97. The lowest BCUT2D eigenvalue weighted by Gasteiger charge is -2.36. The SMILES string of the molecule is O=C(c1ccccc1)c1cn(CCCCN2CCN(c3cccc(C(F)(F)F)c3)CC2)nn1. The first-order valence-electron chi connectivity index (χ1n) is 11.0. The number of alkyl halides is 3. The molecule has 0 spiro atoms. The van der Waals surface area contributed by atoms with Crippen molar-refractivity contribution in [2.45, 2.75) is 25.6 Å². The number of unbranched alkanes of at least 4 members (excludes halogenated alkanes) is 1. The third-order valence-corrected chi connectivity index (χ3v) is 5.83. The lowest BCUT2D eigenvalue weighted by Crippen LogP contribution is -2.46. The van der Waals surface area contributed by atoms with Crippen LogP contribution in [0.1, 0.15) is 34.5 Å². The van der Waals surface area contributed by atoms with Crippen LogP contribution >= 0.6 is 0 Å². The zero-order valence-electron chi connectivity index (χ0n) is 18.2. The van der Waals surface area contributed by atoms with E-state index in [9.17, 15) is 18.0 Å². The van der Waals surface area contributed by atoms with Crippen LogP contribution in [0.25, 0.3) is 0 Å². The summed E-state index contributed by atoms with van der Waals surface area (Å²) >= 11 is 0. The summed E-state index contributed by atoms with van der Waals surface area (Å²) in [5.41, 5.74) is 0.946. The molecule has 0 N–H and O–H groups in total. The first-order chi connectivity index (χ1) is 15.9. The summed E-state index contributed by atoms with van der Waals surface area (Å²) in [5, 5.41) is 8.06. The highest BCUT2D eigenvalue weighted by molar-refractivity contribution is 6.07. The van der Waals surface area contributed by atoms with Crippen molar-refractivity contribution in [3.05, 3.63) is 77.6 Å². The Labute approximate surface area is 190 Å².